The predicted molar refractivity (Wildman–Crippen MR) is 123 cm³/mol. The predicted octanol–water partition coefficient (Wildman–Crippen LogP) is 6.35. The van der Waals surface area contributed by atoms with Gasteiger partial charge < -0.3 is 5.32 Å². The second-order valence-corrected chi connectivity index (χ2v) is 9.01. The average Bonchev–Trinajstić information content (AvgIpc) is 3.21. The molecule has 5 nitrogen and oxygen atoms in total. The summed E-state index contributed by atoms with van der Waals surface area (Å²) in [7, 11) is 0. The number of para-hydroxylation sites is 1. The summed E-state index contributed by atoms with van der Waals surface area (Å²) in [6.45, 7) is 0. The highest BCUT2D eigenvalue weighted by Crippen LogP contribution is 2.35. The van der Waals surface area contributed by atoms with E-state index in [4.69, 9.17) is 23.2 Å². The Labute approximate surface area is 190 Å². The fourth-order valence-corrected chi connectivity index (χ4v) is 4.84. The topological polar surface area (TPSA) is 59.8 Å². The molecule has 1 aliphatic rings. The molecule has 2 aromatic carbocycles. The summed E-state index contributed by atoms with van der Waals surface area (Å²) in [5.74, 6) is 1.41. The number of carbonyl (C=O) groups excluding carboxylic acids is 1. The molecule has 1 aromatic heterocycles. The number of aromatic nitrogens is 3. The number of nitrogens with zero attached hydrogens (tertiary/aromatic N) is 3. The number of benzene rings is 2. The van der Waals surface area contributed by atoms with Gasteiger partial charge in [-0.1, -0.05) is 78.5 Å². The standard InChI is InChI=1S/C22H22Cl2N4OS/c23-17-12-7-13-18(20(17)24)25-19(29)14-30-22-27-26-21(15-8-3-1-4-9-15)28(22)16-10-5-2-6-11-16/h2,5-7,10-13,15H,1,3-4,8-9,14H2,(H,25,29). The first kappa shape index (κ1) is 21.2. The highest BCUT2D eigenvalue weighted by Gasteiger charge is 2.24. The molecule has 4 rings (SSSR count). The van der Waals surface area contributed by atoms with E-state index < -0.39 is 0 Å². The van der Waals surface area contributed by atoms with Crippen molar-refractivity contribution in [1.82, 2.24) is 14.8 Å². The van der Waals surface area contributed by atoms with Gasteiger partial charge in [-0.3, -0.25) is 9.36 Å². The van der Waals surface area contributed by atoms with Crippen LogP contribution in [-0.4, -0.2) is 26.4 Å². The van der Waals surface area contributed by atoms with E-state index in [1.54, 1.807) is 18.2 Å². The summed E-state index contributed by atoms with van der Waals surface area (Å²) in [6, 6.07) is 15.2. The number of nitrogens with one attached hydrogen (secondary N) is 1. The lowest BCUT2D eigenvalue weighted by atomic mass is 9.88. The smallest absolute Gasteiger partial charge is 0.234 e. The van der Waals surface area contributed by atoms with Crippen LogP contribution in [0.15, 0.2) is 53.7 Å². The third kappa shape index (κ3) is 4.82. The highest BCUT2D eigenvalue weighted by atomic mass is 35.5. The molecule has 156 valence electrons. The van der Waals surface area contributed by atoms with Gasteiger partial charge in [-0.25, -0.2) is 0 Å². The van der Waals surface area contributed by atoms with Gasteiger partial charge in [-0.05, 0) is 37.1 Å². The fourth-order valence-electron chi connectivity index (χ4n) is 3.74. The minimum atomic E-state index is -0.175. The van der Waals surface area contributed by atoms with Crippen molar-refractivity contribution in [3.8, 4) is 5.69 Å². The second kappa shape index (κ2) is 9.86. The van der Waals surface area contributed by atoms with Gasteiger partial charge in [0.15, 0.2) is 5.16 Å². The molecule has 0 bridgehead atoms. The van der Waals surface area contributed by atoms with Crippen LogP contribution < -0.4 is 5.32 Å². The summed E-state index contributed by atoms with van der Waals surface area (Å²) < 4.78 is 2.10. The third-order valence-electron chi connectivity index (χ3n) is 5.20. The minimum absolute atomic E-state index is 0.175. The quantitative estimate of drug-likeness (QED) is 0.435. The number of hydrogen-bond acceptors (Lipinski definition) is 4. The Bertz CT molecular complexity index is 1020. The number of amides is 1. The third-order valence-corrected chi connectivity index (χ3v) is 6.95. The van der Waals surface area contributed by atoms with Crippen LogP contribution in [0.1, 0.15) is 43.8 Å². The molecule has 0 saturated heterocycles. The van der Waals surface area contributed by atoms with E-state index in [0.717, 1.165) is 24.4 Å². The van der Waals surface area contributed by atoms with Crippen LogP contribution >= 0.6 is 35.0 Å². The number of rotatable bonds is 6. The van der Waals surface area contributed by atoms with Gasteiger partial charge in [0, 0.05) is 11.6 Å². The Kier molecular flexibility index (Phi) is 6.97. The van der Waals surface area contributed by atoms with Gasteiger partial charge >= 0.3 is 0 Å². The van der Waals surface area contributed by atoms with Crippen LogP contribution in [0.3, 0.4) is 0 Å². The lowest BCUT2D eigenvalue weighted by Crippen LogP contribution is -2.15. The lowest BCUT2D eigenvalue weighted by molar-refractivity contribution is -0.113. The van der Waals surface area contributed by atoms with E-state index in [2.05, 4.69) is 20.1 Å². The Morgan fingerprint density at radius 2 is 1.80 bits per heavy atom. The minimum Gasteiger partial charge on any atom is -0.324 e. The monoisotopic (exact) mass is 460 g/mol. The largest absolute Gasteiger partial charge is 0.324 e. The lowest BCUT2D eigenvalue weighted by Gasteiger charge is -2.22. The summed E-state index contributed by atoms with van der Waals surface area (Å²) in [6.07, 6.45) is 5.98. The van der Waals surface area contributed by atoms with Crippen molar-refractivity contribution in [1.29, 1.82) is 0 Å². The number of hydrogen-bond donors (Lipinski definition) is 1. The first-order chi connectivity index (χ1) is 14.6. The second-order valence-electron chi connectivity index (χ2n) is 7.28. The van der Waals surface area contributed by atoms with Crippen molar-refractivity contribution in [2.45, 2.75) is 43.2 Å². The van der Waals surface area contributed by atoms with Crippen molar-refractivity contribution in [2.75, 3.05) is 11.1 Å². The molecular formula is C22H22Cl2N4OS. The van der Waals surface area contributed by atoms with Crippen molar-refractivity contribution in [2.24, 2.45) is 0 Å². The maximum Gasteiger partial charge on any atom is 0.234 e. The number of anilines is 1. The molecule has 0 spiro atoms. The number of thioether (sulfide) groups is 1. The Balaban J connectivity index is 1.53. The molecular weight excluding hydrogens is 439 g/mol. The van der Waals surface area contributed by atoms with Gasteiger partial charge in [-0.2, -0.15) is 0 Å². The van der Waals surface area contributed by atoms with Crippen LogP contribution in [0.25, 0.3) is 5.69 Å². The Morgan fingerprint density at radius 1 is 1.03 bits per heavy atom. The zero-order valence-corrected chi connectivity index (χ0v) is 18.7. The van der Waals surface area contributed by atoms with Crippen LogP contribution in [0, 0.1) is 0 Å². The highest BCUT2D eigenvalue weighted by molar-refractivity contribution is 7.99. The molecule has 0 unspecified atom stereocenters. The number of carbonyl (C=O) groups is 1. The first-order valence-electron chi connectivity index (χ1n) is 10.0. The summed E-state index contributed by atoms with van der Waals surface area (Å²) >= 11 is 13.6. The van der Waals surface area contributed by atoms with Crippen LogP contribution in [0.5, 0.6) is 0 Å². The molecule has 1 amide bonds. The Morgan fingerprint density at radius 3 is 2.57 bits per heavy atom. The molecule has 0 aliphatic heterocycles. The van der Waals surface area contributed by atoms with Crippen molar-refractivity contribution >= 4 is 46.6 Å². The maximum absolute atomic E-state index is 12.5. The van der Waals surface area contributed by atoms with Crippen LogP contribution in [0.2, 0.25) is 10.0 Å². The molecule has 0 radical (unpaired) electrons. The summed E-state index contributed by atoms with van der Waals surface area (Å²) in [4.78, 5) is 12.5. The Hall–Kier alpha value is -2.02. The first-order valence-corrected chi connectivity index (χ1v) is 11.7. The van der Waals surface area contributed by atoms with Gasteiger partial charge in [0.2, 0.25) is 5.91 Å². The van der Waals surface area contributed by atoms with Gasteiger partial charge in [0.25, 0.3) is 0 Å². The SMILES string of the molecule is O=C(CSc1nnc(C2CCCCC2)n1-c1ccccc1)Nc1cccc(Cl)c1Cl. The molecule has 1 heterocycles. The fraction of sp³-hybridized carbons (Fsp3) is 0.318. The van der Waals surface area contributed by atoms with E-state index >= 15 is 0 Å². The normalized spacial score (nSPS) is 14.6. The van der Waals surface area contributed by atoms with Gasteiger partial charge in [0.05, 0.1) is 21.5 Å². The van der Waals surface area contributed by atoms with E-state index in [1.807, 2.05) is 30.3 Å². The number of halogens is 2. The maximum atomic E-state index is 12.5. The molecule has 1 aliphatic carbocycles. The van der Waals surface area contributed by atoms with Crippen molar-refractivity contribution in [3.63, 3.8) is 0 Å². The molecule has 1 saturated carbocycles. The molecule has 30 heavy (non-hydrogen) atoms. The molecule has 1 N–H and O–H groups in total. The summed E-state index contributed by atoms with van der Waals surface area (Å²) in [5, 5.41) is 13.2. The molecule has 1 fully saturated rings. The molecule has 8 heteroatoms. The zero-order valence-electron chi connectivity index (χ0n) is 16.4. The zero-order chi connectivity index (χ0) is 20.9. The van der Waals surface area contributed by atoms with Crippen molar-refractivity contribution in [3.05, 3.63) is 64.4 Å². The van der Waals surface area contributed by atoms with Crippen LogP contribution in [-0.2, 0) is 4.79 Å². The molecule has 0 atom stereocenters. The van der Waals surface area contributed by atoms with Crippen molar-refractivity contribution < 1.29 is 4.79 Å². The van der Waals surface area contributed by atoms with Gasteiger partial charge in [-0.15, -0.1) is 10.2 Å². The van der Waals surface area contributed by atoms with Gasteiger partial charge in [0.1, 0.15) is 5.82 Å². The van der Waals surface area contributed by atoms with E-state index in [9.17, 15) is 4.79 Å². The average molecular weight is 461 g/mol. The van der Waals surface area contributed by atoms with E-state index in [-0.39, 0.29) is 11.7 Å². The summed E-state index contributed by atoms with van der Waals surface area (Å²) in [5.41, 5.74) is 1.52. The van der Waals surface area contributed by atoms with E-state index in [1.165, 1.54) is 31.0 Å². The molecule has 3 aromatic rings. The van der Waals surface area contributed by atoms with Crippen LogP contribution in [0.4, 0.5) is 5.69 Å². The van der Waals surface area contributed by atoms with E-state index in [0.29, 0.717) is 26.8 Å².